The van der Waals surface area contributed by atoms with Crippen molar-refractivity contribution in [2.75, 3.05) is 0 Å². The van der Waals surface area contributed by atoms with Crippen LogP contribution in [0, 0.1) is 6.92 Å². The molecule has 2 rings (SSSR count). The molecule has 1 atom stereocenters. The van der Waals surface area contributed by atoms with Crippen molar-refractivity contribution >= 4 is 67.9 Å². The molecule has 0 aliphatic heterocycles. The molecule has 0 saturated carbocycles. The summed E-state index contributed by atoms with van der Waals surface area (Å²) >= 11 is 23.8. The van der Waals surface area contributed by atoms with E-state index in [1.807, 2.05) is 6.92 Å². The van der Waals surface area contributed by atoms with E-state index in [9.17, 15) is 13.2 Å². The summed E-state index contributed by atoms with van der Waals surface area (Å²) in [6.45, 7) is 3.26. The van der Waals surface area contributed by atoms with Crippen LogP contribution in [0.4, 0.5) is 0 Å². The van der Waals surface area contributed by atoms with Crippen LogP contribution >= 0.6 is 46.4 Å². The standard InChI is InChI=1S/C14H11Cl4NO3S/c1-7-3-5-9(6-4-7)23(21,22)19-11-8(2)10(15)13(20)14(17,18)12(11)16/h3-6,12H,1-2H3/t12-/m0/s1. The molecule has 0 spiro atoms. The molecule has 23 heavy (non-hydrogen) atoms. The molecule has 0 saturated heterocycles. The Morgan fingerprint density at radius 1 is 1.13 bits per heavy atom. The monoisotopic (exact) mass is 413 g/mol. The number of Topliss-reactive ketones (excluding diaryl/α,β-unsaturated/α-hetero) is 1. The molecule has 0 aromatic heterocycles. The highest BCUT2D eigenvalue weighted by molar-refractivity contribution is 7.90. The first-order valence-corrected chi connectivity index (χ1v) is 9.34. The fraction of sp³-hybridized carbons (Fsp3) is 0.286. The van der Waals surface area contributed by atoms with Gasteiger partial charge in [-0.1, -0.05) is 52.5 Å². The quantitative estimate of drug-likeness (QED) is 0.687. The number of carbonyl (C=O) groups is 1. The molecule has 1 aliphatic rings. The molecule has 1 aromatic carbocycles. The summed E-state index contributed by atoms with van der Waals surface area (Å²) in [5, 5.41) is -1.63. The zero-order valence-electron chi connectivity index (χ0n) is 12.0. The van der Waals surface area contributed by atoms with E-state index in [2.05, 4.69) is 4.40 Å². The predicted molar refractivity (Wildman–Crippen MR) is 93.4 cm³/mol. The van der Waals surface area contributed by atoms with Crippen molar-refractivity contribution in [2.45, 2.75) is 28.5 Å². The maximum absolute atomic E-state index is 12.4. The Balaban J connectivity index is 2.61. The van der Waals surface area contributed by atoms with Crippen molar-refractivity contribution in [1.29, 1.82) is 0 Å². The summed E-state index contributed by atoms with van der Waals surface area (Å²) in [5.41, 5.74) is 0.876. The number of allylic oxidation sites excluding steroid dienone is 2. The average Bonchev–Trinajstić information content (AvgIpc) is 2.49. The summed E-state index contributed by atoms with van der Waals surface area (Å²) in [6.07, 6.45) is 0. The van der Waals surface area contributed by atoms with Crippen LogP contribution in [0.5, 0.6) is 0 Å². The van der Waals surface area contributed by atoms with Crippen LogP contribution in [0.3, 0.4) is 0 Å². The lowest BCUT2D eigenvalue weighted by atomic mass is 9.96. The number of aryl methyl sites for hydroxylation is 1. The predicted octanol–water partition coefficient (Wildman–Crippen LogP) is 4.00. The molecule has 0 radical (unpaired) electrons. The molecule has 4 nitrogen and oxygen atoms in total. The first-order valence-electron chi connectivity index (χ1n) is 6.33. The second kappa shape index (κ2) is 6.37. The lowest BCUT2D eigenvalue weighted by molar-refractivity contribution is -0.115. The summed E-state index contributed by atoms with van der Waals surface area (Å²) in [5.74, 6) is -0.785. The minimum absolute atomic E-state index is 0.0185. The zero-order chi connectivity index (χ0) is 17.6. The van der Waals surface area contributed by atoms with Gasteiger partial charge < -0.3 is 0 Å². The van der Waals surface area contributed by atoms with Crippen molar-refractivity contribution in [3.63, 3.8) is 0 Å². The normalized spacial score (nSPS) is 23.5. The van der Waals surface area contributed by atoms with Gasteiger partial charge in [-0.25, -0.2) is 0 Å². The molecule has 0 heterocycles. The molecular formula is C14H11Cl4NO3S. The van der Waals surface area contributed by atoms with E-state index in [0.717, 1.165) is 5.56 Å². The molecule has 0 bridgehead atoms. The number of carbonyl (C=O) groups excluding carboxylic acids is 1. The van der Waals surface area contributed by atoms with Crippen molar-refractivity contribution in [3.8, 4) is 0 Å². The third-order valence-corrected chi connectivity index (χ3v) is 6.61. The lowest BCUT2D eigenvalue weighted by Gasteiger charge is -2.30. The molecule has 9 heteroatoms. The van der Waals surface area contributed by atoms with Gasteiger partial charge in [0.25, 0.3) is 10.0 Å². The van der Waals surface area contributed by atoms with E-state index in [0.29, 0.717) is 0 Å². The zero-order valence-corrected chi connectivity index (χ0v) is 15.8. The van der Waals surface area contributed by atoms with Crippen molar-refractivity contribution in [1.82, 2.24) is 0 Å². The van der Waals surface area contributed by atoms with Crippen LogP contribution in [-0.4, -0.2) is 29.6 Å². The number of hydrogen-bond acceptors (Lipinski definition) is 3. The van der Waals surface area contributed by atoms with Gasteiger partial charge in [0.05, 0.1) is 15.6 Å². The largest absolute Gasteiger partial charge is 0.290 e. The number of rotatable bonds is 2. The Morgan fingerprint density at radius 3 is 2.17 bits per heavy atom. The molecular weight excluding hydrogens is 404 g/mol. The fourth-order valence-corrected chi connectivity index (χ4v) is 4.11. The van der Waals surface area contributed by atoms with Crippen LogP contribution in [0.2, 0.25) is 0 Å². The number of halogens is 4. The summed E-state index contributed by atoms with van der Waals surface area (Å²) < 4.78 is 26.5. The number of ketones is 1. The van der Waals surface area contributed by atoms with Crippen molar-refractivity contribution in [2.24, 2.45) is 4.40 Å². The second-order valence-electron chi connectivity index (χ2n) is 5.02. The van der Waals surface area contributed by atoms with Crippen LogP contribution in [0.15, 0.2) is 44.2 Å². The van der Waals surface area contributed by atoms with Gasteiger partial charge in [0.2, 0.25) is 10.1 Å². The SMILES string of the molecule is CC1=C(Cl)C(=O)C(Cl)(Cl)[C@@H](Cl)C1=NS(=O)(=O)c1ccc(C)cc1. The number of nitrogens with zero attached hydrogens (tertiary/aromatic N) is 1. The van der Waals surface area contributed by atoms with Gasteiger partial charge in [-0.05, 0) is 31.6 Å². The average molecular weight is 415 g/mol. The van der Waals surface area contributed by atoms with E-state index >= 15 is 0 Å². The molecule has 124 valence electrons. The first-order chi connectivity index (χ1) is 10.5. The van der Waals surface area contributed by atoms with Crippen LogP contribution in [-0.2, 0) is 14.8 Å². The van der Waals surface area contributed by atoms with E-state index in [1.165, 1.54) is 19.1 Å². The summed E-state index contributed by atoms with van der Waals surface area (Å²) in [6, 6.07) is 6.11. The van der Waals surface area contributed by atoms with Gasteiger partial charge in [-0.3, -0.25) is 4.79 Å². The Hall–Kier alpha value is -0.590. The second-order valence-corrected chi connectivity index (χ2v) is 8.82. The van der Waals surface area contributed by atoms with Gasteiger partial charge in [0, 0.05) is 0 Å². The van der Waals surface area contributed by atoms with Crippen molar-refractivity contribution in [3.05, 3.63) is 40.4 Å². The fourth-order valence-electron chi connectivity index (χ4n) is 1.91. The maximum atomic E-state index is 12.4. The van der Waals surface area contributed by atoms with Crippen LogP contribution < -0.4 is 0 Å². The Kier molecular flexibility index (Phi) is 5.19. The van der Waals surface area contributed by atoms with Crippen LogP contribution in [0.25, 0.3) is 0 Å². The minimum atomic E-state index is -4.05. The van der Waals surface area contributed by atoms with E-state index in [4.69, 9.17) is 46.4 Å². The highest BCUT2D eigenvalue weighted by Gasteiger charge is 2.50. The Morgan fingerprint density at radius 2 is 1.65 bits per heavy atom. The van der Waals surface area contributed by atoms with Gasteiger partial charge in [-0.15, -0.1) is 11.6 Å². The van der Waals surface area contributed by atoms with E-state index < -0.39 is 25.5 Å². The molecule has 0 N–H and O–H groups in total. The highest BCUT2D eigenvalue weighted by atomic mass is 35.5. The van der Waals surface area contributed by atoms with E-state index in [1.54, 1.807) is 12.1 Å². The van der Waals surface area contributed by atoms with Gasteiger partial charge >= 0.3 is 0 Å². The van der Waals surface area contributed by atoms with Crippen molar-refractivity contribution < 1.29 is 13.2 Å². The smallest absolute Gasteiger partial charge is 0.282 e. The number of benzene rings is 1. The lowest BCUT2D eigenvalue weighted by Crippen LogP contribution is -2.46. The molecule has 0 unspecified atom stereocenters. The Labute approximate surface area is 154 Å². The van der Waals surface area contributed by atoms with Crippen LogP contribution in [0.1, 0.15) is 12.5 Å². The molecule has 1 aromatic rings. The third kappa shape index (κ3) is 3.44. The summed E-state index contributed by atoms with van der Waals surface area (Å²) in [4.78, 5) is 11.9. The topological polar surface area (TPSA) is 63.6 Å². The van der Waals surface area contributed by atoms with Gasteiger partial charge in [0.1, 0.15) is 5.38 Å². The third-order valence-electron chi connectivity index (χ3n) is 3.31. The Bertz CT molecular complexity index is 826. The number of sulfonamides is 1. The molecule has 0 fully saturated rings. The van der Waals surface area contributed by atoms with Gasteiger partial charge in [-0.2, -0.15) is 12.8 Å². The number of hydrogen-bond donors (Lipinski definition) is 0. The van der Waals surface area contributed by atoms with E-state index in [-0.39, 0.29) is 21.2 Å². The van der Waals surface area contributed by atoms with Gasteiger partial charge in [0.15, 0.2) is 0 Å². The number of alkyl halides is 3. The minimum Gasteiger partial charge on any atom is -0.290 e. The first kappa shape index (κ1) is 18.7. The maximum Gasteiger partial charge on any atom is 0.282 e. The molecule has 0 amide bonds. The highest BCUT2D eigenvalue weighted by Crippen LogP contribution is 2.41. The molecule has 1 aliphatic carbocycles. The summed E-state index contributed by atoms with van der Waals surface area (Å²) in [7, 11) is -4.05.